The minimum atomic E-state index is 0.336. The van der Waals surface area contributed by atoms with Gasteiger partial charge in [-0.1, -0.05) is 64.8 Å². The fourth-order valence-electron chi connectivity index (χ4n) is 3.31. The lowest BCUT2D eigenvalue weighted by Crippen LogP contribution is -2.06. The fourth-order valence-corrected chi connectivity index (χ4v) is 3.31. The summed E-state index contributed by atoms with van der Waals surface area (Å²) in [4.78, 5) is 8.80. The van der Waals surface area contributed by atoms with Crippen molar-refractivity contribution < 1.29 is 0 Å². The molecule has 25 heavy (non-hydrogen) atoms. The van der Waals surface area contributed by atoms with E-state index >= 15 is 0 Å². The molecule has 2 aromatic rings. The summed E-state index contributed by atoms with van der Waals surface area (Å²) in [5, 5.41) is 0. The van der Waals surface area contributed by atoms with Gasteiger partial charge in [0.15, 0.2) is 0 Å². The molecule has 0 saturated heterocycles. The highest BCUT2D eigenvalue weighted by molar-refractivity contribution is 5.81. The molecular weight excluding hydrogens is 306 g/mol. The van der Waals surface area contributed by atoms with Gasteiger partial charge in [0.05, 0.1) is 5.69 Å². The number of hydrogen-bond acceptors (Lipinski definition) is 3. The minimum absolute atomic E-state index is 0.336. The molecule has 0 atom stereocenters. The summed E-state index contributed by atoms with van der Waals surface area (Å²) in [6.45, 7) is 11.0. The molecule has 0 spiro atoms. The molecule has 3 nitrogen and oxygen atoms in total. The Labute approximate surface area is 152 Å². The van der Waals surface area contributed by atoms with Gasteiger partial charge in [-0.2, -0.15) is 0 Å². The Morgan fingerprint density at radius 1 is 1.16 bits per heavy atom. The summed E-state index contributed by atoms with van der Waals surface area (Å²) >= 11 is 0. The predicted molar refractivity (Wildman–Crippen MR) is 108 cm³/mol. The maximum Gasteiger partial charge on any atom is 0.220 e. The van der Waals surface area contributed by atoms with E-state index in [4.69, 9.17) is 5.73 Å². The van der Waals surface area contributed by atoms with Crippen LogP contribution in [0.1, 0.15) is 81.3 Å². The molecule has 2 rings (SSSR count). The second kappa shape index (κ2) is 8.80. The van der Waals surface area contributed by atoms with E-state index in [1.807, 2.05) is 6.20 Å². The Balaban J connectivity index is 2.61. The van der Waals surface area contributed by atoms with Crippen LogP contribution in [0, 0.1) is 0 Å². The van der Waals surface area contributed by atoms with Crippen molar-refractivity contribution in [3.05, 3.63) is 58.4 Å². The summed E-state index contributed by atoms with van der Waals surface area (Å²) in [6, 6.07) is 6.86. The number of nitrogens with two attached hydrogens (primary N) is 1. The third-order valence-corrected chi connectivity index (χ3v) is 4.51. The molecule has 0 aliphatic carbocycles. The summed E-state index contributed by atoms with van der Waals surface area (Å²) in [6.07, 6.45) is 8.33. The van der Waals surface area contributed by atoms with Crippen LogP contribution >= 0.6 is 0 Å². The van der Waals surface area contributed by atoms with E-state index in [0.717, 1.165) is 42.5 Å². The molecule has 0 aliphatic rings. The lowest BCUT2D eigenvalue weighted by molar-refractivity contribution is 0.849. The van der Waals surface area contributed by atoms with E-state index in [1.165, 1.54) is 16.7 Å². The number of benzene rings is 1. The molecule has 0 saturated carbocycles. The third kappa shape index (κ3) is 4.47. The largest absolute Gasteiger partial charge is 0.368 e. The Morgan fingerprint density at radius 2 is 1.88 bits per heavy atom. The van der Waals surface area contributed by atoms with Gasteiger partial charge in [-0.3, -0.25) is 0 Å². The van der Waals surface area contributed by atoms with Crippen LogP contribution < -0.4 is 5.73 Å². The highest BCUT2D eigenvalue weighted by Gasteiger charge is 2.17. The highest BCUT2D eigenvalue weighted by Crippen LogP contribution is 2.32. The van der Waals surface area contributed by atoms with Gasteiger partial charge < -0.3 is 5.73 Å². The summed E-state index contributed by atoms with van der Waals surface area (Å²) in [7, 11) is 0. The Hall–Kier alpha value is -2.16. The first-order valence-corrected chi connectivity index (χ1v) is 9.43. The van der Waals surface area contributed by atoms with Gasteiger partial charge in [-0.25, -0.2) is 9.97 Å². The monoisotopic (exact) mass is 337 g/mol. The smallest absolute Gasteiger partial charge is 0.220 e. The Kier molecular flexibility index (Phi) is 6.74. The van der Waals surface area contributed by atoms with Gasteiger partial charge in [0.2, 0.25) is 5.95 Å². The number of allylic oxidation sites excluding steroid dienone is 1. The lowest BCUT2D eigenvalue weighted by Gasteiger charge is -2.19. The highest BCUT2D eigenvalue weighted by atomic mass is 15.0. The van der Waals surface area contributed by atoms with Crippen molar-refractivity contribution in [2.45, 2.75) is 66.2 Å². The topological polar surface area (TPSA) is 51.8 Å². The van der Waals surface area contributed by atoms with Gasteiger partial charge in [-0.15, -0.1) is 0 Å². The van der Waals surface area contributed by atoms with Crippen molar-refractivity contribution in [1.29, 1.82) is 0 Å². The van der Waals surface area contributed by atoms with Crippen LogP contribution in [0.3, 0.4) is 0 Å². The van der Waals surface area contributed by atoms with Crippen molar-refractivity contribution in [3.8, 4) is 0 Å². The molecule has 0 bridgehead atoms. The van der Waals surface area contributed by atoms with E-state index in [-0.39, 0.29) is 0 Å². The average Bonchev–Trinajstić information content (AvgIpc) is 2.59. The first kappa shape index (κ1) is 19.2. The summed E-state index contributed by atoms with van der Waals surface area (Å²) < 4.78 is 0. The van der Waals surface area contributed by atoms with Crippen molar-refractivity contribution in [3.63, 3.8) is 0 Å². The van der Waals surface area contributed by atoms with Crippen LogP contribution in [0.2, 0.25) is 0 Å². The van der Waals surface area contributed by atoms with Crippen LogP contribution in [0.15, 0.2) is 30.5 Å². The molecule has 3 heteroatoms. The van der Waals surface area contributed by atoms with E-state index < -0.39 is 0 Å². The maximum atomic E-state index is 5.91. The van der Waals surface area contributed by atoms with Gasteiger partial charge >= 0.3 is 0 Å². The Morgan fingerprint density at radius 3 is 2.48 bits per heavy atom. The number of aryl methyl sites for hydroxylation is 2. The minimum Gasteiger partial charge on any atom is -0.368 e. The number of anilines is 1. The van der Waals surface area contributed by atoms with Crippen molar-refractivity contribution in [1.82, 2.24) is 9.97 Å². The van der Waals surface area contributed by atoms with E-state index in [2.05, 4.69) is 68.9 Å². The van der Waals surface area contributed by atoms with Crippen LogP contribution in [0.25, 0.3) is 5.57 Å². The molecule has 134 valence electrons. The molecule has 1 aromatic carbocycles. The number of aromatic nitrogens is 2. The number of nitrogen functional groups attached to an aromatic ring is 1. The molecule has 0 amide bonds. The van der Waals surface area contributed by atoms with E-state index in [1.54, 1.807) is 0 Å². The van der Waals surface area contributed by atoms with Crippen LogP contribution in [0.4, 0.5) is 5.95 Å². The van der Waals surface area contributed by atoms with Crippen LogP contribution in [-0.2, 0) is 12.8 Å². The number of hydrogen-bond donors (Lipinski definition) is 1. The van der Waals surface area contributed by atoms with Crippen molar-refractivity contribution >= 4 is 11.5 Å². The summed E-state index contributed by atoms with van der Waals surface area (Å²) in [5.41, 5.74) is 13.2. The molecule has 1 aromatic heterocycles. The molecule has 0 aliphatic heterocycles. The van der Waals surface area contributed by atoms with Gasteiger partial charge in [0, 0.05) is 11.8 Å². The van der Waals surface area contributed by atoms with Crippen molar-refractivity contribution in [2.75, 3.05) is 5.73 Å². The first-order valence-electron chi connectivity index (χ1n) is 9.43. The molecule has 0 fully saturated rings. The van der Waals surface area contributed by atoms with E-state index in [0.29, 0.717) is 11.9 Å². The van der Waals surface area contributed by atoms with Crippen molar-refractivity contribution in [2.24, 2.45) is 0 Å². The second-order valence-electron chi connectivity index (χ2n) is 6.88. The third-order valence-electron chi connectivity index (χ3n) is 4.51. The van der Waals surface area contributed by atoms with Crippen LogP contribution in [-0.4, -0.2) is 9.97 Å². The first-order chi connectivity index (χ1) is 12.0. The Bertz CT molecular complexity index is 745. The average molecular weight is 338 g/mol. The van der Waals surface area contributed by atoms with E-state index in [9.17, 15) is 0 Å². The second-order valence-corrected chi connectivity index (χ2v) is 6.88. The quantitative estimate of drug-likeness (QED) is 0.721. The fraction of sp³-hybridized carbons (Fsp3) is 0.455. The standard InChI is InChI=1S/C22H31N3/c1-6-9-16-11-12-19(20(13-16)15(4)5)18(8-3)21-17(10-7-2)14-24-22(23)25-21/h8,11-15H,6-7,9-10H2,1-5H3,(H2,23,24,25)/b18-8+. The normalized spacial score (nSPS) is 12.0. The zero-order valence-electron chi connectivity index (χ0n) is 16.3. The van der Waals surface area contributed by atoms with Gasteiger partial charge in [-0.05, 0) is 47.9 Å². The predicted octanol–water partition coefficient (Wildman–Crippen LogP) is 5.54. The van der Waals surface area contributed by atoms with Crippen LogP contribution in [0.5, 0.6) is 0 Å². The SMILES string of the molecule is C/C=C(\c1ccc(CCC)cc1C(C)C)c1nc(N)ncc1CCC. The lowest BCUT2D eigenvalue weighted by atomic mass is 9.87. The summed E-state index contributed by atoms with van der Waals surface area (Å²) in [5.74, 6) is 0.790. The zero-order chi connectivity index (χ0) is 18.4. The molecule has 1 heterocycles. The molecule has 0 radical (unpaired) electrons. The maximum absolute atomic E-state index is 5.91. The number of nitrogens with zero attached hydrogens (tertiary/aromatic N) is 2. The van der Waals surface area contributed by atoms with Gasteiger partial charge in [0.25, 0.3) is 0 Å². The molecule has 2 N–H and O–H groups in total. The molecular formula is C22H31N3. The van der Waals surface area contributed by atoms with Gasteiger partial charge in [0.1, 0.15) is 0 Å². The number of rotatable bonds is 7. The zero-order valence-corrected chi connectivity index (χ0v) is 16.3. The molecule has 0 unspecified atom stereocenters.